The second-order valence-corrected chi connectivity index (χ2v) is 7.81. The number of aromatic nitrogens is 4. The summed E-state index contributed by atoms with van der Waals surface area (Å²) in [5.41, 5.74) is 2.76. The summed E-state index contributed by atoms with van der Waals surface area (Å²) in [5, 5.41) is 6.08. The Morgan fingerprint density at radius 2 is 2.21 bits per heavy atom. The second kappa shape index (κ2) is 8.91. The van der Waals surface area contributed by atoms with E-state index in [1.807, 2.05) is 29.3 Å². The standard InChI is InChI=1S/C21H22N6OS/c1-15-14-29-21(25-15)26-20-19(23-9-10-24-20)17-5-3-11-27(13-17)18(28)7-6-16-4-2-8-22-12-16/h2,4,6-10,12,14,17H,3,5,11,13H2,1H3,(H,24,25,26)/b7-6+/t17-/m1/s1. The van der Waals surface area contributed by atoms with Crippen LogP contribution in [0.25, 0.3) is 6.08 Å². The topological polar surface area (TPSA) is 83.9 Å². The molecule has 29 heavy (non-hydrogen) atoms. The van der Waals surface area contributed by atoms with Crippen molar-refractivity contribution in [3.8, 4) is 0 Å². The molecule has 1 atom stereocenters. The quantitative estimate of drug-likeness (QED) is 0.649. The van der Waals surface area contributed by atoms with Crippen molar-refractivity contribution >= 4 is 34.3 Å². The minimum Gasteiger partial charge on any atom is -0.338 e. The largest absolute Gasteiger partial charge is 0.338 e. The van der Waals surface area contributed by atoms with Gasteiger partial charge in [-0.2, -0.15) is 0 Å². The highest BCUT2D eigenvalue weighted by atomic mass is 32.1. The minimum atomic E-state index is 0.00695. The van der Waals surface area contributed by atoms with Crippen LogP contribution in [-0.4, -0.2) is 43.8 Å². The van der Waals surface area contributed by atoms with E-state index in [4.69, 9.17) is 0 Å². The van der Waals surface area contributed by atoms with Gasteiger partial charge in [0.05, 0.1) is 11.4 Å². The fraction of sp³-hybridized carbons (Fsp3) is 0.286. The lowest BCUT2D eigenvalue weighted by Crippen LogP contribution is -2.38. The van der Waals surface area contributed by atoms with Gasteiger partial charge in [-0.25, -0.2) is 9.97 Å². The number of nitrogens with one attached hydrogen (secondary N) is 1. The molecule has 0 radical (unpaired) electrons. The number of rotatable bonds is 5. The molecule has 0 unspecified atom stereocenters. The normalized spacial score (nSPS) is 16.9. The van der Waals surface area contributed by atoms with E-state index >= 15 is 0 Å². The molecule has 1 aliphatic heterocycles. The Morgan fingerprint density at radius 3 is 3.00 bits per heavy atom. The fourth-order valence-corrected chi connectivity index (χ4v) is 4.09. The number of piperidine rings is 1. The Hall–Kier alpha value is -3.13. The fourth-order valence-electron chi connectivity index (χ4n) is 3.40. The number of amides is 1. The van der Waals surface area contributed by atoms with Gasteiger partial charge in [-0.15, -0.1) is 11.3 Å². The van der Waals surface area contributed by atoms with Crippen LogP contribution in [0.2, 0.25) is 0 Å². The molecular formula is C21H22N6OS. The third kappa shape index (κ3) is 4.83. The Morgan fingerprint density at radius 1 is 1.31 bits per heavy atom. The Labute approximate surface area is 173 Å². The number of carbonyl (C=O) groups is 1. The van der Waals surface area contributed by atoms with E-state index in [9.17, 15) is 4.79 Å². The first-order valence-electron chi connectivity index (χ1n) is 9.56. The zero-order chi connectivity index (χ0) is 20.1. The van der Waals surface area contributed by atoms with Crippen molar-refractivity contribution in [3.63, 3.8) is 0 Å². The van der Waals surface area contributed by atoms with Gasteiger partial charge in [0.25, 0.3) is 0 Å². The van der Waals surface area contributed by atoms with Gasteiger partial charge < -0.3 is 10.2 Å². The van der Waals surface area contributed by atoms with Crippen molar-refractivity contribution in [1.82, 2.24) is 24.8 Å². The molecule has 0 bridgehead atoms. The van der Waals surface area contributed by atoms with Gasteiger partial charge in [-0.05, 0) is 37.5 Å². The van der Waals surface area contributed by atoms with Gasteiger partial charge in [0, 0.05) is 55.3 Å². The Bertz CT molecular complexity index is 1000. The predicted molar refractivity (Wildman–Crippen MR) is 114 cm³/mol. The molecule has 3 aromatic heterocycles. The number of aryl methyl sites for hydroxylation is 1. The summed E-state index contributed by atoms with van der Waals surface area (Å²) >= 11 is 1.54. The smallest absolute Gasteiger partial charge is 0.246 e. The van der Waals surface area contributed by atoms with Gasteiger partial charge in [-0.1, -0.05) is 6.07 Å². The second-order valence-electron chi connectivity index (χ2n) is 6.95. The molecule has 1 N–H and O–H groups in total. The lowest BCUT2D eigenvalue weighted by Gasteiger charge is -2.32. The first kappa shape index (κ1) is 19.2. The van der Waals surface area contributed by atoms with Crippen LogP contribution in [0.5, 0.6) is 0 Å². The van der Waals surface area contributed by atoms with Crippen molar-refractivity contribution < 1.29 is 4.79 Å². The van der Waals surface area contributed by atoms with Gasteiger partial charge >= 0.3 is 0 Å². The van der Waals surface area contributed by atoms with Gasteiger partial charge in [-0.3, -0.25) is 14.8 Å². The summed E-state index contributed by atoms with van der Waals surface area (Å²) in [6, 6.07) is 3.78. The molecule has 0 aromatic carbocycles. The van der Waals surface area contributed by atoms with E-state index in [1.54, 1.807) is 48.3 Å². The van der Waals surface area contributed by atoms with Crippen LogP contribution in [0.15, 0.2) is 48.4 Å². The SMILES string of the molecule is Cc1csc(Nc2nccnc2[C@@H]2CCCN(C(=O)/C=C/c3cccnc3)C2)n1. The molecule has 1 amide bonds. The van der Waals surface area contributed by atoms with Crippen LogP contribution in [0.3, 0.4) is 0 Å². The summed E-state index contributed by atoms with van der Waals surface area (Å²) in [7, 11) is 0. The van der Waals surface area contributed by atoms with Gasteiger partial charge in [0.2, 0.25) is 5.91 Å². The highest BCUT2D eigenvalue weighted by molar-refractivity contribution is 7.13. The van der Waals surface area contributed by atoms with Crippen LogP contribution in [0.1, 0.15) is 35.7 Å². The Balaban J connectivity index is 1.47. The number of hydrogen-bond donors (Lipinski definition) is 1. The summed E-state index contributed by atoms with van der Waals surface area (Å²) in [5.74, 6) is 0.858. The van der Waals surface area contributed by atoms with Crippen molar-refractivity contribution in [2.45, 2.75) is 25.7 Å². The van der Waals surface area contributed by atoms with Crippen LogP contribution in [0, 0.1) is 6.92 Å². The molecule has 0 spiro atoms. The minimum absolute atomic E-state index is 0.00695. The highest BCUT2D eigenvalue weighted by Crippen LogP contribution is 2.31. The third-order valence-electron chi connectivity index (χ3n) is 4.79. The molecule has 0 saturated carbocycles. The van der Waals surface area contributed by atoms with Gasteiger partial charge in [0.15, 0.2) is 10.9 Å². The third-order valence-corrected chi connectivity index (χ3v) is 5.67. The number of carbonyl (C=O) groups excluding carboxylic acids is 1. The van der Waals surface area contributed by atoms with E-state index < -0.39 is 0 Å². The van der Waals surface area contributed by atoms with Crippen molar-refractivity contribution in [3.05, 3.63) is 65.3 Å². The Kier molecular flexibility index (Phi) is 5.90. The number of hydrogen-bond acceptors (Lipinski definition) is 7. The number of pyridine rings is 1. The first-order valence-corrected chi connectivity index (χ1v) is 10.4. The number of likely N-dealkylation sites (tertiary alicyclic amines) is 1. The molecule has 4 heterocycles. The molecule has 4 rings (SSSR count). The number of nitrogens with zero attached hydrogens (tertiary/aromatic N) is 5. The molecule has 1 aliphatic rings. The molecule has 8 heteroatoms. The van der Waals surface area contributed by atoms with Crippen LogP contribution in [0.4, 0.5) is 10.9 Å². The zero-order valence-electron chi connectivity index (χ0n) is 16.2. The first-order chi connectivity index (χ1) is 14.2. The van der Waals surface area contributed by atoms with E-state index in [2.05, 4.69) is 25.3 Å². The number of thiazole rings is 1. The molecule has 0 aliphatic carbocycles. The van der Waals surface area contributed by atoms with Crippen molar-refractivity contribution in [2.24, 2.45) is 0 Å². The van der Waals surface area contributed by atoms with E-state index in [0.717, 1.165) is 41.5 Å². The maximum atomic E-state index is 12.7. The molecule has 3 aromatic rings. The zero-order valence-corrected chi connectivity index (χ0v) is 17.0. The van der Waals surface area contributed by atoms with Crippen molar-refractivity contribution in [2.75, 3.05) is 18.4 Å². The average molecular weight is 407 g/mol. The lowest BCUT2D eigenvalue weighted by molar-refractivity contribution is -0.127. The summed E-state index contributed by atoms with van der Waals surface area (Å²) in [6.07, 6.45) is 12.2. The molecule has 1 saturated heterocycles. The van der Waals surface area contributed by atoms with E-state index in [-0.39, 0.29) is 11.8 Å². The maximum Gasteiger partial charge on any atom is 0.246 e. The highest BCUT2D eigenvalue weighted by Gasteiger charge is 2.27. The molecule has 1 fully saturated rings. The average Bonchev–Trinajstić information content (AvgIpc) is 3.18. The van der Waals surface area contributed by atoms with Crippen LogP contribution >= 0.6 is 11.3 Å². The monoisotopic (exact) mass is 406 g/mol. The molecule has 7 nitrogen and oxygen atoms in total. The summed E-state index contributed by atoms with van der Waals surface area (Å²) < 4.78 is 0. The van der Waals surface area contributed by atoms with Crippen LogP contribution < -0.4 is 5.32 Å². The van der Waals surface area contributed by atoms with Crippen molar-refractivity contribution in [1.29, 1.82) is 0 Å². The lowest BCUT2D eigenvalue weighted by atomic mass is 9.94. The number of anilines is 2. The van der Waals surface area contributed by atoms with Gasteiger partial charge in [0.1, 0.15) is 0 Å². The summed E-state index contributed by atoms with van der Waals surface area (Å²) in [4.78, 5) is 32.1. The van der Waals surface area contributed by atoms with E-state index in [0.29, 0.717) is 12.4 Å². The van der Waals surface area contributed by atoms with E-state index in [1.165, 1.54) is 0 Å². The predicted octanol–water partition coefficient (Wildman–Crippen LogP) is 3.80. The van der Waals surface area contributed by atoms with Crippen LogP contribution in [-0.2, 0) is 4.79 Å². The molecular weight excluding hydrogens is 384 g/mol. The molecule has 148 valence electrons. The summed E-state index contributed by atoms with van der Waals surface area (Å²) in [6.45, 7) is 3.34. The maximum absolute atomic E-state index is 12.7.